The lowest BCUT2D eigenvalue weighted by Gasteiger charge is -2.01. The van der Waals surface area contributed by atoms with E-state index >= 15 is 0 Å². The standard InChI is InChI=1S/C11H9BrN2O/c12-9-3-1-2-8(6-9)11-13-5-4-10(7-15)14-11/h1-6,15H,7H2. The SMILES string of the molecule is OCc1ccnc(-c2cccc(Br)c2)n1. The van der Waals surface area contributed by atoms with Crippen LogP contribution >= 0.6 is 15.9 Å². The maximum absolute atomic E-state index is 8.96. The highest BCUT2D eigenvalue weighted by Gasteiger charge is 2.02. The highest BCUT2D eigenvalue weighted by Crippen LogP contribution is 2.19. The normalized spacial score (nSPS) is 10.3. The summed E-state index contributed by atoms with van der Waals surface area (Å²) in [5.41, 5.74) is 1.56. The van der Waals surface area contributed by atoms with Crippen LogP contribution in [0.25, 0.3) is 11.4 Å². The van der Waals surface area contributed by atoms with Gasteiger partial charge >= 0.3 is 0 Å². The number of aliphatic hydroxyl groups is 1. The van der Waals surface area contributed by atoms with Gasteiger partial charge in [-0.15, -0.1) is 0 Å². The van der Waals surface area contributed by atoms with Crippen LogP contribution in [0.3, 0.4) is 0 Å². The van der Waals surface area contributed by atoms with Gasteiger partial charge < -0.3 is 5.11 Å². The molecular weight excluding hydrogens is 256 g/mol. The van der Waals surface area contributed by atoms with Gasteiger partial charge in [-0.1, -0.05) is 28.1 Å². The van der Waals surface area contributed by atoms with Gasteiger partial charge in [0.1, 0.15) is 0 Å². The number of aromatic nitrogens is 2. The molecule has 1 aromatic heterocycles. The van der Waals surface area contributed by atoms with Gasteiger partial charge in [0.2, 0.25) is 0 Å². The first-order chi connectivity index (χ1) is 7.29. The molecule has 1 aromatic carbocycles. The largest absolute Gasteiger partial charge is 0.390 e. The van der Waals surface area contributed by atoms with Crippen LogP contribution in [0.5, 0.6) is 0 Å². The second-order valence-corrected chi connectivity index (χ2v) is 3.96. The van der Waals surface area contributed by atoms with E-state index in [0.717, 1.165) is 10.0 Å². The van der Waals surface area contributed by atoms with Crippen LogP contribution < -0.4 is 0 Å². The molecule has 0 saturated heterocycles. The minimum Gasteiger partial charge on any atom is -0.390 e. The van der Waals surface area contributed by atoms with Crippen LogP contribution in [0.1, 0.15) is 5.69 Å². The van der Waals surface area contributed by atoms with Crippen molar-refractivity contribution in [2.75, 3.05) is 0 Å². The zero-order chi connectivity index (χ0) is 10.7. The Morgan fingerprint density at radius 1 is 1.27 bits per heavy atom. The van der Waals surface area contributed by atoms with Gasteiger partial charge in [0, 0.05) is 16.2 Å². The summed E-state index contributed by atoms with van der Waals surface area (Å²) in [4.78, 5) is 8.38. The number of hydrogen-bond acceptors (Lipinski definition) is 3. The molecule has 2 rings (SSSR count). The van der Waals surface area contributed by atoms with E-state index in [4.69, 9.17) is 5.11 Å². The number of aliphatic hydroxyl groups excluding tert-OH is 1. The highest BCUT2D eigenvalue weighted by molar-refractivity contribution is 9.10. The average Bonchev–Trinajstić information content (AvgIpc) is 2.29. The number of hydrogen-bond donors (Lipinski definition) is 1. The van der Waals surface area contributed by atoms with Crippen molar-refractivity contribution in [3.63, 3.8) is 0 Å². The van der Waals surface area contributed by atoms with Crippen LogP contribution in [0.15, 0.2) is 41.0 Å². The lowest BCUT2D eigenvalue weighted by Crippen LogP contribution is -1.94. The zero-order valence-corrected chi connectivity index (χ0v) is 9.48. The second kappa shape index (κ2) is 4.51. The van der Waals surface area contributed by atoms with E-state index < -0.39 is 0 Å². The Morgan fingerprint density at radius 3 is 2.87 bits per heavy atom. The number of rotatable bonds is 2. The Hall–Kier alpha value is -1.26. The quantitative estimate of drug-likeness (QED) is 0.906. The maximum atomic E-state index is 8.96. The molecule has 1 heterocycles. The fourth-order valence-electron chi connectivity index (χ4n) is 1.25. The topological polar surface area (TPSA) is 46.0 Å². The van der Waals surface area contributed by atoms with Gasteiger partial charge in [0.25, 0.3) is 0 Å². The molecule has 76 valence electrons. The van der Waals surface area contributed by atoms with Gasteiger partial charge in [-0.2, -0.15) is 0 Å². The van der Waals surface area contributed by atoms with Crippen LogP contribution in [0, 0.1) is 0 Å². The van der Waals surface area contributed by atoms with Crippen LogP contribution in [-0.2, 0) is 6.61 Å². The molecule has 0 aliphatic heterocycles. The van der Waals surface area contributed by atoms with Crippen LogP contribution in [0.4, 0.5) is 0 Å². The molecule has 0 radical (unpaired) electrons. The molecule has 1 N–H and O–H groups in total. The molecule has 0 aliphatic carbocycles. The van der Waals surface area contributed by atoms with E-state index in [0.29, 0.717) is 11.5 Å². The fourth-order valence-corrected chi connectivity index (χ4v) is 1.65. The molecule has 0 spiro atoms. The van der Waals surface area contributed by atoms with Crippen molar-refractivity contribution in [3.8, 4) is 11.4 Å². The van der Waals surface area contributed by atoms with E-state index in [2.05, 4.69) is 25.9 Å². The third-order valence-electron chi connectivity index (χ3n) is 1.96. The third kappa shape index (κ3) is 2.40. The van der Waals surface area contributed by atoms with Crippen LogP contribution in [0.2, 0.25) is 0 Å². The smallest absolute Gasteiger partial charge is 0.159 e. The Bertz CT molecular complexity index is 474. The summed E-state index contributed by atoms with van der Waals surface area (Å²) < 4.78 is 0.984. The molecule has 0 saturated carbocycles. The van der Waals surface area contributed by atoms with E-state index in [1.807, 2.05) is 24.3 Å². The first kappa shape index (κ1) is 10.3. The molecule has 0 fully saturated rings. The van der Waals surface area contributed by atoms with Gasteiger partial charge in [-0.25, -0.2) is 9.97 Å². The monoisotopic (exact) mass is 264 g/mol. The van der Waals surface area contributed by atoms with Crippen LogP contribution in [-0.4, -0.2) is 15.1 Å². The Kier molecular flexibility index (Phi) is 3.08. The minimum atomic E-state index is -0.0659. The Balaban J connectivity index is 2.44. The molecular formula is C11H9BrN2O. The molecule has 0 unspecified atom stereocenters. The molecule has 0 amide bonds. The van der Waals surface area contributed by atoms with Crippen molar-refractivity contribution in [3.05, 3.63) is 46.7 Å². The first-order valence-electron chi connectivity index (χ1n) is 4.48. The van der Waals surface area contributed by atoms with Gasteiger partial charge in [0.15, 0.2) is 5.82 Å². The summed E-state index contributed by atoms with van der Waals surface area (Å²) in [5, 5.41) is 8.96. The first-order valence-corrected chi connectivity index (χ1v) is 5.27. The van der Waals surface area contributed by atoms with Crippen molar-refractivity contribution in [2.24, 2.45) is 0 Å². The summed E-state index contributed by atoms with van der Waals surface area (Å²) in [6, 6.07) is 9.44. The van der Waals surface area contributed by atoms with E-state index in [-0.39, 0.29) is 6.61 Å². The average molecular weight is 265 g/mol. The molecule has 0 aliphatic rings. The minimum absolute atomic E-state index is 0.0659. The molecule has 2 aromatic rings. The van der Waals surface area contributed by atoms with Crippen molar-refractivity contribution >= 4 is 15.9 Å². The zero-order valence-electron chi connectivity index (χ0n) is 7.89. The molecule has 4 heteroatoms. The van der Waals surface area contributed by atoms with Crippen molar-refractivity contribution in [2.45, 2.75) is 6.61 Å². The predicted octanol–water partition coefficient (Wildman–Crippen LogP) is 2.40. The van der Waals surface area contributed by atoms with Crippen molar-refractivity contribution < 1.29 is 5.11 Å². The molecule has 15 heavy (non-hydrogen) atoms. The summed E-state index contributed by atoms with van der Waals surface area (Å²) in [5.74, 6) is 0.628. The Morgan fingerprint density at radius 2 is 2.13 bits per heavy atom. The molecule has 0 atom stereocenters. The van der Waals surface area contributed by atoms with Crippen molar-refractivity contribution in [1.82, 2.24) is 9.97 Å². The van der Waals surface area contributed by atoms with E-state index in [1.165, 1.54) is 0 Å². The highest BCUT2D eigenvalue weighted by atomic mass is 79.9. The number of nitrogens with zero attached hydrogens (tertiary/aromatic N) is 2. The summed E-state index contributed by atoms with van der Waals surface area (Å²) in [6.45, 7) is -0.0659. The van der Waals surface area contributed by atoms with Crippen molar-refractivity contribution in [1.29, 1.82) is 0 Å². The summed E-state index contributed by atoms with van der Waals surface area (Å²) in [6.07, 6.45) is 1.65. The predicted molar refractivity (Wildman–Crippen MR) is 61.1 cm³/mol. The molecule has 3 nitrogen and oxygen atoms in total. The molecule has 0 bridgehead atoms. The fraction of sp³-hybridized carbons (Fsp3) is 0.0909. The van der Waals surface area contributed by atoms with E-state index in [1.54, 1.807) is 12.3 Å². The summed E-state index contributed by atoms with van der Waals surface area (Å²) in [7, 11) is 0. The van der Waals surface area contributed by atoms with E-state index in [9.17, 15) is 0 Å². The number of halogens is 1. The van der Waals surface area contributed by atoms with Gasteiger partial charge in [0.05, 0.1) is 12.3 Å². The lowest BCUT2D eigenvalue weighted by molar-refractivity contribution is 0.277. The lowest BCUT2D eigenvalue weighted by atomic mass is 10.2. The second-order valence-electron chi connectivity index (χ2n) is 3.04. The Labute approximate surface area is 96.0 Å². The van der Waals surface area contributed by atoms with Gasteiger partial charge in [-0.3, -0.25) is 0 Å². The van der Waals surface area contributed by atoms with Gasteiger partial charge in [-0.05, 0) is 18.2 Å². The summed E-state index contributed by atoms with van der Waals surface area (Å²) >= 11 is 3.39. The third-order valence-corrected chi connectivity index (χ3v) is 2.45. The number of benzene rings is 1. The maximum Gasteiger partial charge on any atom is 0.159 e.